The molecule has 0 radical (unpaired) electrons. The van der Waals surface area contributed by atoms with Crippen molar-refractivity contribution in [2.24, 2.45) is 0 Å². The maximum Gasteiger partial charge on any atom is 0.232 e. The lowest BCUT2D eigenvalue weighted by molar-refractivity contribution is -0.136. The van der Waals surface area contributed by atoms with E-state index in [-0.39, 0.29) is 18.2 Å². The summed E-state index contributed by atoms with van der Waals surface area (Å²) in [6.45, 7) is 2.93. The van der Waals surface area contributed by atoms with Crippen molar-refractivity contribution in [3.8, 4) is 0 Å². The number of rotatable bonds is 4. The average molecular weight is 213 g/mol. The second-order valence-electron chi connectivity index (χ2n) is 3.83. The molecule has 0 aromatic heterocycles. The Balaban J connectivity index is 2.43. The molecule has 0 aliphatic carbocycles. The van der Waals surface area contributed by atoms with Gasteiger partial charge in [0.15, 0.2) is 0 Å². The molecule has 1 aliphatic heterocycles. The van der Waals surface area contributed by atoms with E-state index in [0.29, 0.717) is 13.1 Å². The summed E-state index contributed by atoms with van der Waals surface area (Å²) in [5.41, 5.74) is 0. The summed E-state index contributed by atoms with van der Waals surface area (Å²) in [5, 5.41) is 3.04. The highest BCUT2D eigenvalue weighted by Crippen LogP contribution is 2.04. The van der Waals surface area contributed by atoms with E-state index in [0.717, 1.165) is 19.5 Å². The van der Waals surface area contributed by atoms with Gasteiger partial charge in [0.1, 0.15) is 6.42 Å². The zero-order valence-corrected chi connectivity index (χ0v) is 9.45. The minimum Gasteiger partial charge on any atom is -0.344 e. The van der Waals surface area contributed by atoms with Crippen molar-refractivity contribution in [3.63, 3.8) is 0 Å². The summed E-state index contributed by atoms with van der Waals surface area (Å²) in [6.07, 6.45) is 0.955. The van der Waals surface area contributed by atoms with Gasteiger partial charge in [-0.2, -0.15) is 0 Å². The molecule has 0 aromatic carbocycles. The molecule has 5 heteroatoms. The molecule has 0 spiro atoms. The summed E-state index contributed by atoms with van der Waals surface area (Å²) < 4.78 is 0. The van der Waals surface area contributed by atoms with Crippen LogP contribution < -0.4 is 5.32 Å². The van der Waals surface area contributed by atoms with Crippen LogP contribution in [0.3, 0.4) is 0 Å². The summed E-state index contributed by atoms with van der Waals surface area (Å²) in [5.74, 6) is -0.114. The molecule has 5 nitrogen and oxygen atoms in total. The van der Waals surface area contributed by atoms with Gasteiger partial charge < -0.3 is 15.1 Å². The first-order chi connectivity index (χ1) is 7.15. The van der Waals surface area contributed by atoms with Gasteiger partial charge in [-0.05, 0) is 20.0 Å². The Morgan fingerprint density at radius 2 is 2.00 bits per heavy atom. The Kier molecular flexibility index (Phi) is 4.55. The van der Waals surface area contributed by atoms with E-state index in [1.165, 1.54) is 0 Å². The van der Waals surface area contributed by atoms with E-state index in [1.807, 2.05) is 7.05 Å². The molecule has 1 fully saturated rings. The fourth-order valence-corrected chi connectivity index (χ4v) is 1.58. The van der Waals surface area contributed by atoms with Crippen LogP contribution in [0.25, 0.3) is 0 Å². The Morgan fingerprint density at radius 1 is 1.27 bits per heavy atom. The molecule has 0 unspecified atom stereocenters. The van der Waals surface area contributed by atoms with Crippen LogP contribution in [0.2, 0.25) is 0 Å². The quantitative estimate of drug-likeness (QED) is 0.495. The second-order valence-corrected chi connectivity index (χ2v) is 3.83. The van der Waals surface area contributed by atoms with Crippen LogP contribution in [0.1, 0.15) is 12.8 Å². The molecular formula is C10H19N3O2. The number of amides is 2. The van der Waals surface area contributed by atoms with Crippen molar-refractivity contribution in [2.45, 2.75) is 12.8 Å². The first-order valence-electron chi connectivity index (χ1n) is 5.31. The number of nitrogens with zero attached hydrogens (tertiary/aromatic N) is 2. The summed E-state index contributed by atoms with van der Waals surface area (Å²) >= 11 is 0. The van der Waals surface area contributed by atoms with E-state index in [1.54, 1.807) is 16.8 Å². The van der Waals surface area contributed by atoms with Gasteiger partial charge in [-0.15, -0.1) is 0 Å². The van der Waals surface area contributed by atoms with Crippen molar-refractivity contribution in [3.05, 3.63) is 0 Å². The predicted molar refractivity (Wildman–Crippen MR) is 57.4 cm³/mol. The SMILES string of the molecule is CNCCCN1CCN(C)C(=O)CC1=O. The monoisotopic (exact) mass is 213 g/mol. The molecule has 0 saturated carbocycles. The highest BCUT2D eigenvalue weighted by atomic mass is 16.2. The molecule has 86 valence electrons. The lowest BCUT2D eigenvalue weighted by Gasteiger charge is -2.20. The number of likely N-dealkylation sites (N-methyl/N-ethyl adjacent to an activating group) is 1. The van der Waals surface area contributed by atoms with Crippen LogP contribution in [-0.4, -0.2) is 61.9 Å². The Hall–Kier alpha value is -1.10. The number of carbonyl (C=O) groups is 2. The Morgan fingerprint density at radius 3 is 2.67 bits per heavy atom. The van der Waals surface area contributed by atoms with Crippen LogP contribution in [0.15, 0.2) is 0 Å². The topological polar surface area (TPSA) is 52.6 Å². The molecule has 0 atom stereocenters. The maximum absolute atomic E-state index is 11.6. The summed E-state index contributed by atoms with van der Waals surface area (Å²) in [4.78, 5) is 26.4. The molecule has 1 heterocycles. The number of carbonyl (C=O) groups excluding carboxylic acids is 2. The maximum atomic E-state index is 11.6. The molecule has 0 bridgehead atoms. The average Bonchev–Trinajstić information content (AvgIpc) is 2.32. The minimum absolute atomic E-state index is 0.0239. The fourth-order valence-electron chi connectivity index (χ4n) is 1.58. The first-order valence-corrected chi connectivity index (χ1v) is 5.31. The number of hydrogen-bond acceptors (Lipinski definition) is 3. The fraction of sp³-hybridized carbons (Fsp3) is 0.800. The molecule has 1 N–H and O–H groups in total. The second kappa shape index (κ2) is 5.70. The molecule has 1 saturated heterocycles. The van der Waals surface area contributed by atoms with Gasteiger partial charge in [0.05, 0.1) is 0 Å². The first kappa shape index (κ1) is 12.0. The van der Waals surface area contributed by atoms with Gasteiger partial charge in [-0.25, -0.2) is 0 Å². The Bertz CT molecular complexity index is 243. The van der Waals surface area contributed by atoms with E-state index in [9.17, 15) is 9.59 Å². The van der Waals surface area contributed by atoms with Gasteiger partial charge in [0.25, 0.3) is 0 Å². The summed E-state index contributed by atoms with van der Waals surface area (Å²) in [7, 11) is 3.63. The van der Waals surface area contributed by atoms with Crippen LogP contribution >= 0.6 is 0 Å². The zero-order valence-electron chi connectivity index (χ0n) is 9.45. The molecular weight excluding hydrogens is 194 g/mol. The third kappa shape index (κ3) is 3.51. The van der Waals surface area contributed by atoms with Gasteiger partial charge >= 0.3 is 0 Å². The predicted octanol–water partition coefficient (Wildman–Crippen LogP) is -0.713. The van der Waals surface area contributed by atoms with Gasteiger partial charge in [0, 0.05) is 26.7 Å². The highest BCUT2D eigenvalue weighted by Gasteiger charge is 2.23. The van der Waals surface area contributed by atoms with Crippen LogP contribution in [-0.2, 0) is 9.59 Å². The number of hydrogen-bond donors (Lipinski definition) is 1. The van der Waals surface area contributed by atoms with E-state index in [4.69, 9.17) is 0 Å². The van der Waals surface area contributed by atoms with Crippen molar-refractivity contribution in [1.29, 1.82) is 0 Å². The standard InChI is InChI=1S/C10H19N3O2/c1-11-4-3-5-13-7-6-12(2)9(14)8-10(13)15/h11H,3-8H2,1-2H3. The van der Waals surface area contributed by atoms with Crippen molar-refractivity contribution < 1.29 is 9.59 Å². The third-order valence-corrected chi connectivity index (χ3v) is 2.64. The third-order valence-electron chi connectivity index (χ3n) is 2.64. The molecule has 0 aromatic rings. The molecule has 2 amide bonds. The Labute approximate surface area is 90.4 Å². The van der Waals surface area contributed by atoms with Gasteiger partial charge in [0.2, 0.25) is 11.8 Å². The minimum atomic E-state index is -0.0730. The number of nitrogens with one attached hydrogen (secondary N) is 1. The largest absolute Gasteiger partial charge is 0.344 e. The van der Waals surface area contributed by atoms with Crippen molar-refractivity contribution >= 4 is 11.8 Å². The zero-order chi connectivity index (χ0) is 11.3. The van der Waals surface area contributed by atoms with E-state index >= 15 is 0 Å². The van der Waals surface area contributed by atoms with E-state index < -0.39 is 0 Å². The van der Waals surface area contributed by atoms with Crippen LogP contribution in [0.4, 0.5) is 0 Å². The smallest absolute Gasteiger partial charge is 0.232 e. The van der Waals surface area contributed by atoms with Gasteiger partial charge in [-0.1, -0.05) is 0 Å². The van der Waals surface area contributed by atoms with Crippen LogP contribution in [0.5, 0.6) is 0 Å². The lowest BCUT2D eigenvalue weighted by atomic mass is 10.3. The van der Waals surface area contributed by atoms with Crippen LogP contribution in [0, 0.1) is 0 Å². The van der Waals surface area contributed by atoms with Crippen molar-refractivity contribution in [2.75, 3.05) is 40.3 Å². The summed E-state index contributed by atoms with van der Waals surface area (Å²) in [6, 6.07) is 0. The molecule has 1 rings (SSSR count). The highest BCUT2D eigenvalue weighted by molar-refractivity contribution is 5.97. The molecule has 1 aliphatic rings. The van der Waals surface area contributed by atoms with Crippen molar-refractivity contribution in [1.82, 2.24) is 15.1 Å². The van der Waals surface area contributed by atoms with Gasteiger partial charge in [-0.3, -0.25) is 9.59 Å². The lowest BCUT2D eigenvalue weighted by Crippen LogP contribution is -2.34. The molecule has 15 heavy (non-hydrogen) atoms. The van der Waals surface area contributed by atoms with E-state index in [2.05, 4.69) is 5.32 Å². The normalized spacial score (nSPS) is 18.3.